The number of fused-ring (bicyclic) bond motifs is 1. The zero-order chi connectivity index (χ0) is 16.5. The monoisotopic (exact) mass is 471 g/mol. The molecule has 0 radical (unpaired) electrons. The molecule has 0 unspecified atom stereocenters. The smallest absolute Gasteiger partial charge is 0.152 e. The standard InChI is InChI=1S/C17H15ClIN3OS/c18-15-5-6-20-17-14(15)11-16(22(17)24-19)12-1-3-13(4-2-12)21-7-9-23-10-8-21/h1-6,11H,7-10H2. The average molecular weight is 472 g/mol. The Balaban J connectivity index is 1.73. The summed E-state index contributed by atoms with van der Waals surface area (Å²) < 4.78 is 7.54. The lowest BCUT2D eigenvalue weighted by Gasteiger charge is -2.28. The first-order valence-electron chi connectivity index (χ1n) is 7.66. The molecule has 0 spiro atoms. The van der Waals surface area contributed by atoms with Gasteiger partial charge in [0.15, 0.2) is 5.65 Å². The first-order valence-corrected chi connectivity index (χ1v) is 11.4. The van der Waals surface area contributed by atoms with E-state index in [0.717, 1.165) is 53.6 Å². The third-order valence-corrected chi connectivity index (χ3v) is 6.24. The van der Waals surface area contributed by atoms with Gasteiger partial charge in [0.1, 0.15) is 0 Å². The topological polar surface area (TPSA) is 30.3 Å². The predicted molar refractivity (Wildman–Crippen MR) is 110 cm³/mol. The second-order valence-electron chi connectivity index (χ2n) is 5.57. The number of morpholine rings is 1. The van der Waals surface area contributed by atoms with Gasteiger partial charge in [0, 0.05) is 60.7 Å². The highest BCUT2D eigenvalue weighted by Gasteiger charge is 2.15. The van der Waals surface area contributed by atoms with Crippen molar-refractivity contribution in [2.24, 2.45) is 0 Å². The van der Waals surface area contributed by atoms with Crippen molar-refractivity contribution in [3.63, 3.8) is 0 Å². The summed E-state index contributed by atoms with van der Waals surface area (Å²) in [6.07, 6.45) is 1.75. The Bertz CT molecular complexity index is 862. The van der Waals surface area contributed by atoms with Crippen LogP contribution in [-0.2, 0) is 4.74 Å². The van der Waals surface area contributed by atoms with Gasteiger partial charge in [0.25, 0.3) is 0 Å². The van der Waals surface area contributed by atoms with Crippen LogP contribution in [0.2, 0.25) is 5.02 Å². The van der Waals surface area contributed by atoms with Crippen LogP contribution in [0.4, 0.5) is 5.69 Å². The zero-order valence-corrected chi connectivity index (χ0v) is 16.5. The molecule has 0 saturated carbocycles. The molecular formula is C17H15ClIN3OS. The third-order valence-electron chi connectivity index (χ3n) is 4.22. The Morgan fingerprint density at radius 1 is 1.12 bits per heavy atom. The molecule has 4 nitrogen and oxygen atoms in total. The van der Waals surface area contributed by atoms with Gasteiger partial charge in [0.2, 0.25) is 0 Å². The Kier molecular flexibility index (Phi) is 4.89. The molecule has 24 heavy (non-hydrogen) atoms. The number of anilines is 1. The Morgan fingerprint density at radius 3 is 2.58 bits per heavy atom. The molecule has 7 heteroatoms. The maximum atomic E-state index is 6.33. The third kappa shape index (κ3) is 3.00. The molecule has 0 atom stereocenters. The lowest BCUT2D eigenvalue weighted by molar-refractivity contribution is 0.122. The Morgan fingerprint density at radius 2 is 1.88 bits per heavy atom. The first kappa shape index (κ1) is 16.5. The zero-order valence-electron chi connectivity index (χ0n) is 12.8. The summed E-state index contributed by atoms with van der Waals surface area (Å²) in [6.45, 7) is 3.49. The minimum absolute atomic E-state index is 0.732. The molecular weight excluding hydrogens is 457 g/mol. The maximum absolute atomic E-state index is 6.33. The highest BCUT2D eigenvalue weighted by molar-refractivity contribution is 14.2. The van der Waals surface area contributed by atoms with Crippen molar-refractivity contribution in [3.05, 3.63) is 47.6 Å². The molecule has 3 heterocycles. The van der Waals surface area contributed by atoms with Crippen LogP contribution in [0.3, 0.4) is 0 Å². The van der Waals surface area contributed by atoms with Gasteiger partial charge < -0.3 is 9.64 Å². The van der Waals surface area contributed by atoms with Crippen molar-refractivity contribution in [2.45, 2.75) is 0 Å². The van der Waals surface area contributed by atoms with E-state index in [1.165, 1.54) is 5.69 Å². The number of hydrogen-bond acceptors (Lipinski definition) is 4. The molecule has 124 valence electrons. The highest BCUT2D eigenvalue weighted by atomic mass is 127. The summed E-state index contributed by atoms with van der Waals surface area (Å²) in [7, 11) is 1.61. The van der Waals surface area contributed by atoms with E-state index in [1.54, 1.807) is 15.3 Å². The summed E-state index contributed by atoms with van der Waals surface area (Å²) in [5.74, 6) is 0. The molecule has 0 amide bonds. The molecule has 3 aromatic rings. The van der Waals surface area contributed by atoms with E-state index in [2.05, 4.69) is 65.4 Å². The first-order chi connectivity index (χ1) is 11.8. The van der Waals surface area contributed by atoms with Gasteiger partial charge in [-0.1, -0.05) is 23.7 Å². The number of ether oxygens (including phenoxy) is 1. The van der Waals surface area contributed by atoms with Crippen LogP contribution in [0, 0.1) is 0 Å². The van der Waals surface area contributed by atoms with Crippen LogP contribution in [-0.4, -0.2) is 35.3 Å². The molecule has 2 aromatic heterocycles. The van der Waals surface area contributed by atoms with E-state index in [1.807, 2.05) is 6.07 Å². The number of pyridine rings is 1. The molecule has 0 aliphatic carbocycles. The van der Waals surface area contributed by atoms with Crippen molar-refractivity contribution in [2.75, 3.05) is 31.2 Å². The summed E-state index contributed by atoms with van der Waals surface area (Å²) in [4.78, 5) is 6.84. The van der Waals surface area contributed by atoms with E-state index in [0.29, 0.717) is 0 Å². The van der Waals surface area contributed by atoms with E-state index >= 15 is 0 Å². The van der Waals surface area contributed by atoms with Crippen LogP contribution in [0.1, 0.15) is 0 Å². The second-order valence-corrected chi connectivity index (χ2v) is 7.66. The number of aromatic nitrogens is 2. The largest absolute Gasteiger partial charge is 0.378 e. The molecule has 1 aliphatic rings. The van der Waals surface area contributed by atoms with Crippen LogP contribution >= 0.6 is 41.9 Å². The Labute approximate surface area is 161 Å². The second kappa shape index (κ2) is 7.11. The summed E-state index contributed by atoms with van der Waals surface area (Å²) >= 11 is 8.61. The minimum atomic E-state index is 0.732. The molecule has 4 rings (SSSR count). The van der Waals surface area contributed by atoms with Crippen LogP contribution in [0.15, 0.2) is 42.6 Å². The number of halogens is 2. The fourth-order valence-electron chi connectivity index (χ4n) is 2.98. The fourth-order valence-corrected chi connectivity index (χ4v) is 4.81. The summed E-state index contributed by atoms with van der Waals surface area (Å²) in [6, 6.07) is 12.6. The van der Waals surface area contributed by atoms with Gasteiger partial charge in [0.05, 0.1) is 23.9 Å². The summed E-state index contributed by atoms with van der Waals surface area (Å²) in [5, 5.41) is 1.71. The lowest BCUT2D eigenvalue weighted by atomic mass is 10.1. The quantitative estimate of drug-likeness (QED) is 0.501. The molecule has 0 N–H and O–H groups in total. The van der Waals surface area contributed by atoms with Crippen molar-refractivity contribution in [1.82, 2.24) is 8.96 Å². The SMILES string of the molecule is Clc1ccnc2c1cc(-c1ccc(N3CCOCC3)cc1)n2SI. The number of benzene rings is 1. The van der Waals surface area contributed by atoms with Crippen molar-refractivity contribution >= 4 is 58.6 Å². The highest BCUT2D eigenvalue weighted by Crippen LogP contribution is 2.36. The predicted octanol–water partition coefficient (Wildman–Crippen LogP) is 5.04. The van der Waals surface area contributed by atoms with Crippen molar-refractivity contribution in [3.8, 4) is 11.3 Å². The summed E-state index contributed by atoms with van der Waals surface area (Å²) in [5.41, 5.74) is 4.40. The number of rotatable bonds is 3. The molecule has 1 aromatic carbocycles. The van der Waals surface area contributed by atoms with Gasteiger partial charge in [-0.25, -0.2) is 4.98 Å². The van der Waals surface area contributed by atoms with Crippen LogP contribution in [0.5, 0.6) is 0 Å². The van der Waals surface area contributed by atoms with E-state index in [4.69, 9.17) is 16.3 Å². The van der Waals surface area contributed by atoms with Gasteiger partial charge in [-0.3, -0.25) is 3.97 Å². The van der Waals surface area contributed by atoms with Crippen molar-refractivity contribution in [1.29, 1.82) is 0 Å². The molecule has 1 saturated heterocycles. The fraction of sp³-hybridized carbons (Fsp3) is 0.235. The van der Waals surface area contributed by atoms with Gasteiger partial charge in [-0.15, -0.1) is 0 Å². The minimum Gasteiger partial charge on any atom is -0.378 e. The lowest BCUT2D eigenvalue weighted by Crippen LogP contribution is -2.36. The normalized spacial score (nSPS) is 15.2. The van der Waals surface area contributed by atoms with Gasteiger partial charge in [-0.05, 0) is 29.8 Å². The molecule has 1 aliphatic heterocycles. The van der Waals surface area contributed by atoms with Crippen molar-refractivity contribution < 1.29 is 4.74 Å². The van der Waals surface area contributed by atoms with Gasteiger partial charge in [-0.2, -0.15) is 0 Å². The average Bonchev–Trinajstić information content (AvgIpc) is 3.03. The number of nitrogens with zero attached hydrogens (tertiary/aromatic N) is 3. The van der Waals surface area contributed by atoms with E-state index in [9.17, 15) is 0 Å². The number of hydrogen-bond donors (Lipinski definition) is 0. The van der Waals surface area contributed by atoms with Gasteiger partial charge >= 0.3 is 0 Å². The molecule has 1 fully saturated rings. The van der Waals surface area contributed by atoms with Crippen LogP contribution in [0.25, 0.3) is 22.3 Å². The van der Waals surface area contributed by atoms with Crippen LogP contribution < -0.4 is 4.90 Å². The van der Waals surface area contributed by atoms with E-state index in [-0.39, 0.29) is 0 Å². The van der Waals surface area contributed by atoms with E-state index < -0.39 is 0 Å². The molecule has 0 bridgehead atoms. The maximum Gasteiger partial charge on any atom is 0.152 e. The Hall–Kier alpha value is -0.960.